The number of halogens is 2. The molecule has 0 saturated heterocycles. The normalized spacial score (nSPS) is 23.0. The Morgan fingerprint density at radius 2 is 2.04 bits per heavy atom. The molecule has 23 heavy (non-hydrogen) atoms. The third-order valence-corrected chi connectivity index (χ3v) is 4.83. The van der Waals surface area contributed by atoms with Crippen LogP contribution in [-0.2, 0) is 9.53 Å². The van der Waals surface area contributed by atoms with Gasteiger partial charge in [0.1, 0.15) is 6.10 Å². The molecular formula is C17H26Cl2N2O2. The molecule has 3 N–H and O–H groups in total. The fourth-order valence-corrected chi connectivity index (χ4v) is 3.48. The number of ether oxygens (including phenoxy) is 1. The third kappa shape index (κ3) is 5.08. The molecule has 1 aliphatic carbocycles. The fourth-order valence-electron chi connectivity index (χ4n) is 3.35. The maximum atomic E-state index is 12.5. The average Bonchev–Trinajstić information content (AvgIpc) is 2.98. The Hall–Kier alpha value is -0.810. The number of carbonyl (C=O) groups is 1. The van der Waals surface area contributed by atoms with E-state index in [1.54, 1.807) is 7.11 Å². The number of rotatable bonds is 6. The van der Waals surface area contributed by atoms with Gasteiger partial charge in [0.05, 0.1) is 6.04 Å². The molecule has 4 atom stereocenters. The molecule has 0 spiro atoms. The Labute approximate surface area is 149 Å². The van der Waals surface area contributed by atoms with Gasteiger partial charge >= 0.3 is 0 Å². The maximum absolute atomic E-state index is 12.5. The van der Waals surface area contributed by atoms with Crippen LogP contribution >= 0.6 is 24.0 Å². The molecule has 1 amide bonds. The van der Waals surface area contributed by atoms with E-state index < -0.39 is 0 Å². The third-order valence-electron chi connectivity index (χ3n) is 4.58. The molecular weight excluding hydrogens is 335 g/mol. The number of benzene rings is 1. The molecule has 0 aliphatic heterocycles. The van der Waals surface area contributed by atoms with Crippen molar-refractivity contribution in [1.82, 2.24) is 5.32 Å². The highest BCUT2D eigenvalue weighted by molar-refractivity contribution is 6.30. The van der Waals surface area contributed by atoms with Gasteiger partial charge in [-0.15, -0.1) is 12.4 Å². The lowest BCUT2D eigenvalue weighted by Gasteiger charge is -2.26. The average molecular weight is 361 g/mol. The van der Waals surface area contributed by atoms with Crippen LogP contribution in [0, 0.1) is 11.8 Å². The van der Waals surface area contributed by atoms with Crippen LogP contribution < -0.4 is 11.1 Å². The number of nitrogens with one attached hydrogen (secondary N) is 1. The summed E-state index contributed by atoms with van der Waals surface area (Å²) in [4.78, 5) is 12.5. The van der Waals surface area contributed by atoms with Crippen molar-refractivity contribution in [2.45, 2.75) is 38.3 Å². The summed E-state index contributed by atoms with van der Waals surface area (Å²) in [7, 11) is 1.65. The highest BCUT2D eigenvalue weighted by Gasteiger charge is 2.33. The highest BCUT2D eigenvalue weighted by atomic mass is 35.5. The first-order valence-corrected chi connectivity index (χ1v) is 8.23. The molecule has 0 bridgehead atoms. The molecule has 4 nitrogen and oxygen atoms in total. The van der Waals surface area contributed by atoms with E-state index in [4.69, 9.17) is 22.1 Å². The van der Waals surface area contributed by atoms with Crippen LogP contribution in [0.25, 0.3) is 0 Å². The van der Waals surface area contributed by atoms with Crippen molar-refractivity contribution in [2.24, 2.45) is 17.6 Å². The van der Waals surface area contributed by atoms with E-state index in [9.17, 15) is 4.79 Å². The van der Waals surface area contributed by atoms with Crippen LogP contribution in [0.1, 0.15) is 37.9 Å². The molecule has 1 aromatic rings. The molecule has 0 heterocycles. The predicted molar refractivity (Wildman–Crippen MR) is 95.9 cm³/mol. The Bertz CT molecular complexity index is 496. The first-order chi connectivity index (χ1) is 10.6. The van der Waals surface area contributed by atoms with Crippen molar-refractivity contribution >= 4 is 29.9 Å². The van der Waals surface area contributed by atoms with Gasteiger partial charge in [0, 0.05) is 18.1 Å². The van der Waals surface area contributed by atoms with Gasteiger partial charge in [0.2, 0.25) is 5.91 Å². The Morgan fingerprint density at radius 1 is 1.39 bits per heavy atom. The minimum absolute atomic E-state index is 0. The van der Waals surface area contributed by atoms with E-state index in [2.05, 4.69) is 5.32 Å². The van der Waals surface area contributed by atoms with Crippen LogP contribution in [0.5, 0.6) is 0 Å². The summed E-state index contributed by atoms with van der Waals surface area (Å²) in [5.74, 6) is 0.440. The number of hydrogen-bond donors (Lipinski definition) is 2. The van der Waals surface area contributed by atoms with E-state index in [1.165, 1.54) is 0 Å². The van der Waals surface area contributed by atoms with Crippen molar-refractivity contribution in [1.29, 1.82) is 0 Å². The Morgan fingerprint density at radius 3 is 2.61 bits per heavy atom. The molecule has 2 unspecified atom stereocenters. The lowest BCUT2D eigenvalue weighted by Crippen LogP contribution is -2.42. The topological polar surface area (TPSA) is 64.3 Å². The highest BCUT2D eigenvalue weighted by Crippen LogP contribution is 2.31. The van der Waals surface area contributed by atoms with Crippen LogP contribution in [-0.4, -0.2) is 25.6 Å². The van der Waals surface area contributed by atoms with Gasteiger partial charge in [0.25, 0.3) is 0 Å². The molecule has 2 rings (SSSR count). The van der Waals surface area contributed by atoms with Crippen molar-refractivity contribution in [3.8, 4) is 0 Å². The predicted octanol–water partition coefficient (Wildman–Crippen LogP) is 3.33. The van der Waals surface area contributed by atoms with Crippen LogP contribution in [0.4, 0.5) is 0 Å². The zero-order chi connectivity index (χ0) is 16.1. The van der Waals surface area contributed by atoms with Crippen LogP contribution in [0.3, 0.4) is 0 Å². The summed E-state index contributed by atoms with van der Waals surface area (Å²) in [6, 6.07) is 7.41. The fraction of sp³-hybridized carbons (Fsp3) is 0.588. The van der Waals surface area contributed by atoms with Gasteiger partial charge in [-0.1, -0.05) is 30.2 Å². The van der Waals surface area contributed by atoms with Gasteiger partial charge in [-0.25, -0.2) is 0 Å². The largest absolute Gasteiger partial charge is 0.375 e. The molecule has 6 heteroatoms. The van der Waals surface area contributed by atoms with Crippen molar-refractivity contribution < 1.29 is 9.53 Å². The van der Waals surface area contributed by atoms with E-state index in [0.29, 0.717) is 17.5 Å². The molecule has 1 aromatic carbocycles. The van der Waals surface area contributed by atoms with Crippen molar-refractivity contribution in [3.05, 3.63) is 34.9 Å². The number of nitrogens with two attached hydrogens (primary N) is 1. The maximum Gasteiger partial charge on any atom is 0.223 e. The number of methoxy groups -OCH3 is 1. The van der Waals surface area contributed by atoms with Gasteiger partial charge in [0.15, 0.2) is 0 Å². The number of amides is 1. The summed E-state index contributed by atoms with van der Waals surface area (Å²) in [6.45, 7) is 2.55. The Kier molecular flexibility index (Phi) is 8.34. The van der Waals surface area contributed by atoms with E-state index in [-0.39, 0.29) is 36.4 Å². The first-order valence-electron chi connectivity index (χ1n) is 7.85. The molecule has 1 fully saturated rings. The van der Waals surface area contributed by atoms with E-state index >= 15 is 0 Å². The Balaban J connectivity index is 0.00000264. The zero-order valence-corrected chi connectivity index (χ0v) is 15.2. The monoisotopic (exact) mass is 360 g/mol. The summed E-state index contributed by atoms with van der Waals surface area (Å²) < 4.78 is 5.57. The second-order valence-corrected chi connectivity index (χ2v) is 6.47. The molecule has 130 valence electrons. The summed E-state index contributed by atoms with van der Waals surface area (Å²) in [5, 5.41) is 3.78. The van der Waals surface area contributed by atoms with E-state index in [0.717, 1.165) is 24.8 Å². The molecule has 1 saturated carbocycles. The minimum Gasteiger partial charge on any atom is -0.375 e. The molecule has 0 aromatic heterocycles. The van der Waals surface area contributed by atoms with Crippen molar-refractivity contribution in [2.75, 3.05) is 13.7 Å². The smallest absolute Gasteiger partial charge is 0.223 e. The summed E-state index contributed by atoms with van der Waals surface area (Å²) in [5.41, 5.74) is 6.77. The standard InChI is InChI=1S/C17H25ClN2O2.ClH/c1-11(16(22-2)12-6-8-14(18)9-7-12)20-17(21)15-5-3-4-13(15)10-19;/h6-9,11,13,15-16H,3-5,10,19H2,1-2H3,(H,20,21);1H/t11?,13-,15-,16?;/m1./s1. The number of carbonyl (C=O) groups excluding carboxylic acids is 1. The zero-order valence-electron chi connectivity index (χ0n) is 13.6. The SMILES string of the molecule is COC(c1ccc(Cl)cc1)C(C)NC(=O)[C@@H]1CCC[C@@H]1CN.Cl. The van der Waals surface area contributed by atoms with E-state index in [1.807, 2.05) is 31.2 Å². The quantitative estimate of drug-likeness (QED) is 0.817. The molecule has 1 aliphatic rings. The lowest BCUT2D eigenvalue weighted by atomic mass is 9.94. The lowest BCUT2D eigenvalue weighted by molar-refractivity contribution is -0.127. The van der Waals surface area contributed by atoms with Gasteiger partial charge < -0.3 is 15.8 Å². The second-order valence-electron chi connectivity index (χ2n) is 6.04. The summed E-state index contributed by atoms with van der Waals surface area (Å²) >= 11 is 5.92. The first kappa shape index (κ1) is 20.2. The van der Waals surface area contributed by atoms with Gasteiger partial charge in [-0.3, -0.25) is 4.79 Å². The molecule has 0 radical (unpaired) electrons. The summed E-state index contributed by atoms with van der Waals surface area (Å²) in [6.07, 6.45) is 2.87. The van der Waals surface area contributed by atoms with Gasteiger partial charge in [-0.05, 0) is 49.9 Å². The number of hydrogen-bond acceptors (Lipinski definition) is 3. The second kappa shape index (κ2) is 9.48. The van der Waals surface area contributed by atoms with Crippen LogP contribution in [0.15, 0.2) is 24.3 Å². The minimum atomic E-state index is -0.195. The van der Waals surface area contributed by atoms with Gasteiger partial charge in [-0.2, -0.15) is 0 Å². The van der Waals surface area contributed by atoms with Crippen molar-refractivity contribution in [3.63, 3.8) is 0 Å². The van der Waals surface area contributed by atoms with Crippen LogP contribution in [0.2, 0.25) is 5.02 Å².